The number of thioether (sulfide) groups is 1. The summed E-state index contributed by atoms with van der Waals surface area (Å²) in [6.45, 7) is 1.82. The number of aromatic nitrogens is 2. The van der Waals surface area contributed by atoms with E-state index in [1.807, 2.05) is 49.4 Å². The van der Waals surface area contributed by atoms with Crippen LogP contribution in [0.25, 0.3) is 16.6 Å². The van der Waals surface area contributed by atoms with E-state index in [0.717, 1.165) is 5.69 Å². The van der Waals surface area contributed by atoms with Crippen molar-refractivity contribution in [3.63, 3.8) is 0 Å². The Bertz CT molecular complexity index is 1290. The van der Waals surface area contributed by atoms with E-state index in [1.165, 1.54) is 16.3 Å². The number of halogens is 1. The summed E-state index contributed by atoms with van der Waals surface area (Å²) in [7, 11) is 1.74. The molecule has 0 bridgehead atoms. The first kappa shape index (κ1) is 21.2. The largest absolute Gasteiger partial charge is 0.315 e. The summed E-state index contributed by atoms with van der Waals surface area (Å²) in [6.07, 6.45) is 0. The van der Waals surface area contributed by atoms with E-state index in [9.17, 15) is 9.59 Å². The predicted molar refractivity (Wildman–Crippen MR) is 128 cm³/mol. The quantitative estimate of drug-likeness (QED) is 0.311. The highest BCUT2D eigenvalue weighted by molar-refractivity contribution is 8.00. The summed E-state index contributed by atoms with van der Waals surface area (Å²) in [5.41, 5.74) is 1.86. The molecule has 0 N–H and O–H groups in total. The first-order valence-electron chi connectivity index (χ1n) is 9.72. The Morgan fingerprint density at radius 1 is 1.00 bits per heavy atom. The minimum Gasteiger partial charge on any atom is -0.315 e. The van der Waals surface area contributed by atoms with Crippen LogP contribution in [0, 0.1) is 0 Å². The molecule has 3 aromatic carbocycles. The van der Waals surface area contributed by atoms with Gasteiger partial charge < -0.3 is 4.90 Å². The molecule has 5 nitrogen and oxygen atoms in total. The molecule has 1 atom stereocenters. The molecule has 0 aliphatic heterocycles. The number of amides is 1. The van der Waals surface area contributed by atoms with E-state index < -0.39 is 5.25 Å². The van der Waals surface area contributed by atoms with Gasteiger partial charge in [-0.2, -0.15) is 0 Å². The van der Waals surface area contributed by atoms with Crippen molar-refractivity contribution < 1.29 is 4.79 Å². The van der Waals surface area contributed by atoms with Crippen molar-refractivity contribution in [2.45, 2.75) is 17.3 Å². The summed E-state index contributed by atoms with van der Waals surface area (Å²) in [6, 6.07) is 23.7. The molecule has 1 aromatic heterocycles. The maximum atomic E-state index is 13.3. The van der Waals surface area contributed by atoms with E-state index in [0.29, 0.717) is 26.8 Å². The van der Waals surface area contributed by atoms with Crippen molar-refractivity contribution >= 4 is 45.9 Å². The van der Waals surface area contributed by atoms with Gasteiger partial charge in [-0.05, 0) is 55.5 Å². The molecule has 4 aromatic rings. The molecule has 0 saturated carbocycles. The summed E-state index contributed by atoms with van der Waals surface area (Å²) in [4.78, 5) is 32.7. The Balaban J connectivity index is 1.75. The average Bonchev–Trinajstić information content (AvgIpc) is 2.80. The van der Waals surface area contributed by atoms with Crippen LogP contribution in [0.1, 0.15) is 6.92 Å². The van der Waals surface area contributed by atoms with E-state index in [1.54, 1.807) is 48.3 Å². The molecule has 7 heteroatoms. The van der Waals surface area contributed by atoms with E-state index in [4.69, 9.17) is 16.6 Å². The number of hydrogen-bond donors (Lipinski definition) is 0. The molecule has 0 radical (unpaired) electrons. The SMILES string of the molecule is CC(Sc1nc2ccccc2c(=O)n1-c1ccc(Cl)cc1)C(=O)N(C)c1ccccc1. The lowest BCUT2D eigenvalue weighted by Gasteiger charge is -2.22. The topological polar surface area (TPSA) is 55.2 Å². The maximum Gasteiger partial charge on any atom is 0.266 e. The van der Waals surface area contributed by atoms with Crippen LogP contribution in [0.4, 0.5) is 5.69 Å². The monoisotopic (exact) mass is 449 g/mol. The first-order chi connectivity index (χ1) is 15.0. The highest BCUT2D eigenvalue weighted by Crippen LogP contribution is 2.27. The van der Waals surface area contributed by atoms with Gasteiger partial charge in [0.25, 0.3) is 5.56 Å². The zero-order valence-corrected chi connectivity index (χ0v) is 18.6. The molecule has 0 spiro atoms. The summed E-state index contributed by atoms with van der Waals surface area (Å²) < 4.78 is 1.54. The Morgan fingerprint density at radius 2 is 1.65 bits per heavy atom. The van der Waals surface area contributed by atoms with Crippen molar-refractivity contribution in [2.75, 3.05) is 11.9 Å². The van der Waals surface area contributed by atoms with E-state index in [2.05, 4.69) is 0 Å². The molecule has 31 heavy (non-hydrogen) atoms. The number of benzene rings is 3. The van der Waals surface area contributed by atoms with Crippen molar-refractivity contribution in [3.05, 3.63) is 94.2 Å². The third kappa shape index (κ3) is 4.36. The van der Waals surface area contributed by atoms with Crippen molar-refractivity contribution in [1.82, 2.24) is 9.55 Å². The van der Waals surface area contributed by atoms with E-state index in [-0.39, 0.29) is 11.5 Å². The number of hydrogen-bond acceptors (Lipinski definition) is 4. The van der Waals surface area contributed by atoms with Crippen LogP contribution in [0.5, 0.6) is 0 Å². The molecular formula is C24H20ClN3O2S. The second kappa shape index (κ2) is 8.96. The lowest BCUT2D eigenvalue weighted by molar-refractivity contribution is -0.117. The minimum atomic E-state index is -0.461. The van der Waals surface area contributed by atoms with Gasteiger partial charge >= 0.3 is 0 Å². The number of nitrogens with zero attached hydrogens (tertiary/aromatic N) is 3. The molecule has 156 valence electrons. The summed E-state index contributed by atoms with van der Waals surface area (Å²) in [5, 5.41) is 1.08. The molecule has 0 saturated heterocycles. The van der Waals surface area contributed by atoms with Gasteiger partial charge in [-0.3, -0.25) is 14.2 Å². The minimum absolute atomic E-state index is 0.0822. The fraction of sp³-hybridized carbons (Fsp3) is 0.125. The number of rotatable bonds is 5. The van der Waals surface area contributed by atoms with Crippen LogP contribution in [0.15, 0.2) is 88.8 Å². The van der Waals surface area contributed by atoms with Gasteiger partial charge in [0.1, 0.15) is 0 Å². The Morgan fingerprint density at radius 3 is 2.35 bits per heavy atom. The highest BCUT2D eigenvalue weighted by atomic mass is 35.5. The normalized spacial score (nSPS) is 12.0. The number of anilines is 1. The summed E-state index contributed by atoms with van der Waals surface area (Å²) >= 11 is 7.29. The number of para-hydroxylation sites is 2. The maximum absolute atomic E-state index is 13.3. The molecule has 0 aliphatic carbocycles. The second-order valence-corrected chi connectivity index (χ2v) is 8.77. The second-order valence-electron chi connectivity index (χ2n) is 7.02. The summed E-state index contributed by atoms with van der Waals surface area (Å²) in [5.74, 6) is -0.0822. The van der Waals surface area contributed by atoms with Crippen molar-refractivity contribution in [1.29, 1.82) is 0 Å². The third-order valence-corrected chi connectivity index (χ3v) is 6.23. The van der Waals surface area contributed by atoms with Gasteiger partial charge in [-0.15, -0.1) is 0 Å². The zero-order chi connectivity index (χ0) is 22.0. The van der Waals surface area contributed by atoms with E-state index >= 15 is 0 Å². The molecule has 0 fully saturated rings. The van der Waals surface area contributed by atoms with Gasteiger partial charge in [0.2, 0.25) is 5.91 Å². The molecule has 0 aliphatic rings. The van der Waals surface area contributed by atoms with Crippen molar-refractivity contribution in [2.24, 2.45) is 0 Å². The average molecular weight is 450 g/mol. The first-order valence-corrected chi connectivity index (χ1v) is 11.0. The van der Waals surface area contributed by atoms with Gasteiger partial charge in [-0.25, -0.2) is 4.98 Å². The lowest BCUT2D eigenvalue weighted by atomic mass is 10.2. The smallest absolute Gasteiger partial charge is 0.266 e. The molecular weight excluding hydrogens is 430 g/mol. The van der Waals surface area contributed by atoms with Gasteiger partial charge in [0.05, 0.1) is 21.8 Å². The molecule has 4 rings (SSSR count). The predicted octanol–water partition coefficient (Wildman–Crippen LogP) is 5.18. The number of carbonyl (C=O) groups excluding carboxylic acids is 1. The van der Waals surface area contributed by atoms with Crippen LogP contribution in [-0.2, 0) is 4.79 Å². The Kier molecular flexibility index (Phi) is 6.11. The van der Waals surface area contributed by atoms with Gasteiger partial charge in [0.15, 0.2) is 5.16 Å². The lowest BCUT2D eigenvalue weighted by Crippen LogP contribution is -2.33. The van der Waals surface area contributed by atoms with Crippen LogP contribution >= 0.6 is 23.4 Å². The van der Waals surface area contributed by atoms with Crippen LogP contribution < -0.4 is 10.5 Å². The number of fused-ring (bicyclic) bond motifs is 1. The highest BCUT2D eigenvalue weighted by Gasteiger charge is 2.23. The molecule has 1 heterocycles. The Labute approximate surface area is 189 Å². The fourth-order valence-corrected chi connectivity index (χ4v) is 4.42. The standard InChI is InChI=1S/C24H20ClN3O2S/c1-16(22(29)27(2)18-8-4-3-5-9-18)31-24-26-21-11-7-6-10-20(21)23(30)28(24)19-14-12-17(25)13-15-19/h3-16H,1-2H3. The van der Waals surface area contributed by atoms with Crippen LogP contribution in [0.3, 0.4) is 0 Å². The molecule has 1 unspecified atom stereocenters. The fourth-order valence-electron chi connectivity index (χ4n) is 3.27. The third-order valence-electron chi connectivity index (χ3n) is 4.93. The van der Waals surface area contributed by atoms with Gasteiger partial charge in [0, 0.05) is 17.8 Å². The van der Waals surface area contributed by atoms with Crippen molar-refractivity contribution in [3.8, 4) is 5.69 Å². The van der Waals surface area contributed by atoms with Crippen LogP contribution in [-0.4, -0.2) is 27.8 Å². The van der Waals surface area contributed by atoms with Gasteiger partial charge in [-0.1, -0.05) is 53.7 Å². The number of carbonyl (C=O) groups is 1. The zero-order valence-electron chi connectivity index (χ0n) is 17.0. The van der Waals surface area contributed by atoms with Crippen LogP contribution in [0.2, 0.25) is 5.02 Å². The Hall–Kier alpha value is -3.09. The molecule has 1 amide bonds.